The highest BCUT2D eigenvalue weighted by Crippen LogP contribution is 2.53. The van der Waals surface area contributed by atoms with Crippen LogP contribution in [0.3, 0.4) is 0 Å². The Kier molecular flexibility index (Phi) is 4.26. The molecule has 0 aromatic heterocycles. The molecule has 1 N–H and O–H groups in total. The monoisotopic (exact) mass is 426 g/mol. The summed E-state index contributed by atoms with van der Waals surface area (Å²) in [6, 6.07) is 11.2. The van der Waals surface area contributed by atoms with Gasteiger partial charge in [-0.15, -0.1) is 0 Å². The number of hydrogen-bond acceptors (Lipinski definition) is 3. The molecule has 2 aromatic carbocycles. The number of halogens is 2. The van der Waals surface area contributed by atoms with Crippen molar-refractivity contribution in [2.24, 2.45) is 23.7 Å². The highest BCUT2D eigenvalue weighted by atomic mass is 35.5. The van der Waals surface area contributed by atoms with Crippen LogP contribution in [0.5, 0.6) is 0 Å². The van der Waals surface area contributed by atoms with E-state index >= 15 is 0 Å². The zero-order valence-corrected chi connectivity index (χ0v) is 16.7. The van der Waals surface area contributed by atoms with Gasteiger partial charge in [0.2, 0.25) is 11.8 Å². The maximum atomic E-state index is 12.9. The lowest BCUT2D eigenvalue weighted by molar-refractivity contribution is -0.123. The largest absolute Gasteiger partial charge is 0.321 e. The second-order valence-corrected chi connectivity index (χ2v) is 8.48. The molecule has 7 heteroatoms. The van der Waals surface area contributed by atoms with E-state index in [9.17, 15) is 14.4 Å². The van der Waals surface area contributed by atoms with Crippen LogP contribution in [0.1, 0.15) is 16.8 Å². The normalized spacial score (nSPS) is 26.9. The third kappa shape index (κ3) is 2.88. The van der Waals surface area contributed by atoms with Crippen molar-refractivity contribution in [2.45, 2.75) is 6.42 Å². The van der Waals surface area contributed by atoms with Gasteiger partial charge in [0, 0.05) is 10.6 Å². The number of amides is 3. The molecule has 2 aromatic rings. The molecule has 146 valence electrons. The number of fused-ring (bicyclic) bond motifs is 5. The van der Waals surface area contributed by atoms with Gasteiger partial charge in [0.25, 0.3) is 5.91 Å². The van der Waals surface area contributed by atoms with Crippen LogP contribution < -0.4 is 10.2 Å². The zero-order chi connectivity index (χ0) is 20.3. The number of anilines is 2. The summed E-state index contributed by atoms with van der Waals surface area (Å²) in [6.45, 7) is 0. The van der Waals surface area contributed by atoms with Gasteiger partial charge in [-0.1, -0.05) is 35.4 Å². The summed E-state index contributed by atoms with van der Waals surface area (Å²) in [4.78, 5) is 39.6. The Balaban J connectivity index is 1.36. The number of benzene rings is 2. The molecule has 4 atom stereocenters. The minimum absolute atomic E-state index is 0.139. The summed E-state index contributed by atoms with van der Waals surface area (Å²) in [6.07, 6.45) is 5.02. The highest BCUT2D eigenvalue weighted by molar-refractivity contribution is 6.36. The van der Waals surface area contributed by atoms with Crippen LogP contribution in [0.25, 0.3) is 0 Å². The van der Waals surface area contributed by atoms with E-state index in [4.69, 9.17) is 23.2 Å². The molecule has 29 heavy (non-hydrogen) atoms. The van der Waals surface area contributed by atoms with Gasteiger partial charge in [0.05, 0.1) is 28.2 Å². The Bertz CT molecular complexity index is 1050. The first kappa shape index (κ1) is 18.4. The van der Waals surface area contributed by atoms with Crippen LogP contribution in [-0.4, -0.2) is 17.7 Å². The Labute approximate surface area is 177 Å². The molecule has 0 radical (unpaired) electrons. The molecule has 0 spiro atoms. The molecular formula is C22H16Cl2N2O3. The van der Waals surface area contributed by atoms with Crippen LogP contribution >= 0.6 is 23.2 Å². The van der Waals surface area contributed by atoms with E-state index in [1.54, 1.807) is 42.5 Å². The first-order valence-corrected chi connectivity index (χ1v) is 10.1. The van der Waals surface area contributed by atoms with Crippen LogP contribution in [0, 0.1) is 23.7 Å². The predicted molar refractivity (Wildman–Crippen MR) is 111 cm³/mol. The number of nitrogens with one attached hydrogen (secondary N) is 1. The second-order valence-electron chi connectivity index (χ2n) is 7.64. The van der Waals surface area contributed by atoms with Gasteiger partial charge in [-0.3, -0.25) is 19.3 Å². The van der Waals surface area contributed by atoms with E-state index in [1.165, 1.54) is 4.90 Å². The molecule has 1 saturated heterocycles. The van der Waals surface area contributed by atoms with Crippen LogP contribution in [0.2, 0.25) is 10.0 Å². The molecule has 1 saturated carbocycles. The topological polar surface area (TPSA) is 66.5 Å². The fourth-order valence-corrected chi connectivity index (χ4v) is 5.04. The van der Waals surface area contributed by atoms with Gasteiger partial charge in [-0.25, -0.2) is 0 Å². The fraction of sp³-hybridized carbons (Fsp3) is 0.227. The van der Waals surface area contributed by atoms with E-state index in [2.05, 4.69) is 17.5 Å². The molecule has 3 aliphatic rings. The van der Waals surface area contributed by atoms with Crippen molar-refractivity contribution in [1.29, 1.82) is 0 Å². The lowest BCUT2D eigenvalue weighted by atomic mass is 9.85. The van der Waals surface area contributed by atoms with Crippen molar-refractivity contribution in [1.82, 2.24) is 0 Å². The maximum absolute atomic E-state index is 12.9. The van der Waals surface area contributed by atoms with Gasteiger partial charge in [0.1, 0.15) is 0 Å². The van der Waals surface area contributed by atoms with Crippen LogP contribution in [0.4, 0.5) is 11.4 Å². The lowest BCUT2D eigenvalue weighted by Gasteiger charge is -2.17. The summed E-state index contributed by atoms with van der Waals surface area (Å²) in [7, 11) is 0. The zero-order valence-electron chi connectivity index (χ0n) is 15.1. The molecule has 1 aliphatic heterocycles. The van der Waals surface area contributed by atoms with E-state index in [0.717, 1.165) is 6.42 Å². The first-order valence-electron chi connectivity index (χ1n) is 9.36. The van der Waals surface area contributed by atoms with Crippen molar-refractivity contribution in [3.63, 3.8) is 0 Å². The number of nitrogens with zero attached hydrogens (tertiary/aromatic N) is 1. The number of hydrogen-bond donors (Lipinski definition) is 1. The SMILES string of the molecule is O=C(Nc1cc(Cl)ccc1Cl)c1ccc(N2C(=O)[C@@H]3[C@@H](C2=O)[C@H]2C=C[C@@H]3C2)cc1. The third-order valence-electron chi connectivity index (χ3n) is 6.03. The van der Waals surface area contributed by atoms with Gasteiger partial charge in [-0.2, -0.15) is 0 Å². The summed E-state index contributed by atoms with van der Waals surface area (Å²) < 4.78 is 0. The molecular weight excluding hydrogens is 411 g/mol. The Morgan fingerprint density at radius 3 is 2.17 bits per heavy atom. The number of rotatable bonds is 3. The average Bonchev–Trinajstić information content (AvgIpc) is 3.39. The Hall–Kier alpha value is -2.63. The van der Waals surface area contributed by atoms with Crippen LogP contribution in [-0.2, 0) is 9.59 Å². The van der Waals surface area contributed by atoms with Gasteiger partial charge in [-0.05, 0) is 60.7 Å². The molecule has 5 rings (SSSR count). The molecule has 2 aliphatic carbocycles. The molecule has 5 nitrogen and oxygen atoms in total. The number of carbonyl (C=O) groups is 3. The minimum Gasteiger partial charge on any atom is -0.321 e. The van der Waals surface area contributed by atoms with Crippen molar-refractivity contribution >= 4 is 52.3 Å². The number of allylic oxidation sites excluding steroid dienone is 2. The summed E-state index contributed by atoms with van der Waals surface area (Å²) in [5, 5.41) is 3.55. The lowest BCUT2D eigenvalue weighted by Crippen LogP contribution is -2.32. The summed E-state index contributed by atoms with van der Waals surface area (Å²) >= 11 is 12.0. The average molecular weight is 427 g/mol. The van der Waals surface area contributed by atoms with Crippen molar-refractivity contribution in [3.05, 3.63) is 70.2 Å². The molecule has 3 amide bonds. The number of imide groups is 1. The van der Waals surface area contributed by atoms with E-state index in [1.807, 2.05) is 0 Å². The summed E-state index contributed by atoms with van der Waals surface area (Å²) in [5.74, 6) is -0.799. The Morgan fingerprint density at radius 1 is 0.931 bits per heavy atom. The van der Waals surface area contributed by atoms with E-state index in [-0.39, 0.29) is 41.4 Å². The molecule has 1 heterocycles. The molecule has 2 fully saturated rings. The second kappa shape index (κ2) is 6.71. The molecule has 0 unspecified atom stereocenters. The standard InChI is InChI=1S/C22H16Cl2N2O3/c23-14-5-8-16(24)17(10-14)25-20(27)11-3-6-15(7-4-11)26-21(28)18-12-1-2-13(9-12)19(18)22(26)29/h1-8,10,12-13,18-19H,9H2,(H,25,27)/t12-,13+,18-,19-/m0/s1. The highest BCUT2D eigenvalue weighted by Gasteiger charge is 2.59. The smallest absolute Gasteiger partial charge is 0.255 e. The quantitative estimate of drug-likeness (QED) is 0.577. The van der Waals surface area contributed by atoms with Crippen molar-refractivity contribution in [2.75, 3.05) is 10.2 Å². The van der Waals surface area contributed by atoms with E-state index in [0.29, 0.717) is 27.0 Å². The van der Waals surface area contributed by atoms with Gasteiger partial charge in [0.15, 0.2) is 0 Å². The fourth-order valence-electron chi connectivity index (χ4n) is 4.71. The first-order chi connectivity index (χ1) is 13.9. The van der Waals surface area contributed by atoms with Crippen LogP contribution in [0.15, 0.2) is 54.6 Å². The van der Waals surface area contributed by atoms with Crippen molar-refractivity contribution in [3.8, 4) is 0 Å². The van der Waals surface area contributed by atoms with Crippen molar-refractivity contribution < 1.29 is 14.4 Å². The number of carbonyl (C=O) groups excluding carboxylic acids is 3. The van der Waals surface area contributed by atoms with Gasteiger partial charge < -0.3 is 5.32 Å². The third-order valence-corrected chi connectivity index (χ3v) is 6.60. The molecule has 2 bridgehead atoms. The maximum Gasteiger partial charge on any atom is 0.255 e. The van der Waals surface area contributed by atoms with E-state index < -0.39 is 0 Å². The minimum atomic E-state index is -0.362. The Morgan fingerprint density at radius 2 is 1.55 bits per heavy atom. The predicted octanol–water partition coefficient (Wildman–Crippen LogP) is 4.56. The summed E-state index contributed by atoms with van der Waals surface area (Å²) in [5.41, 5.74) is 1.28. The van der Waals surface area contributed by atoms with Gasteiger partial charge >= 0.3 is 0 Å².